The molecule has 0 fully saturated rings. The highest BCUT2D eigenvalue weighted by atomic mass is 79.9. The van der Waals surface area contributed by atoms with E-state index in [9.17, 15) is 18.0 Å². The first-order valence-electron chi connectivity index (χ1n) is 11.2. The van der Waals surface area contributed by atoms with E-state index in [2.05, 4.69) is 25.5 Å². The van der Waals surface area contributed by atoms with Crippen molar-refractivity contribution in [2.45, 2.75) is 32.7 Å². The van der Waals surface area contributed by atoms with Gasteiger partial charge < -0.3 is 19.3 Å². The minimum Gasteiger partial charge on any atom is -0.382 e. The zero-order valence-electron chi connectivity index (χ0n) is 21.5. The van der Waals surface area contributed by atoms with Crippen LogP contribution < -0.4 is 14.4 Å². The van der Waals surface area contributed by atoms with Gasteiger partial charge in [0.15, 0.2) is 5.78 Å². The van der Waals surface area contributed by atoms with Crippen LogP contribution >= 0.6 is 16.1 Å². The van der Waals surface area contributed by atoms with Gasteiger partial charge in [0, 0.05) is 50.1 Å². The molecule has 11 heteroatoms. The van der Waals surface area contributed by atoms with Crippen molar-refractivity contribution in [3.05, 3.63) is 58.1 Å². The molecule has 2 aromatic carbocycles. The van der Waals surface area contributed by atoms with E-state index in [0.29, 0.717) is 29.1 Å². The second-order valence-corrected chi connectivity index (χ2v) is 11.9. The van der Waals surface area contributed by atoms with Crippen LogP contribution in [0.3, 0.4) is 0 Å². The molecule has 194 valence electrons. The number of halogens is 1. The number of ketones is 1. The van der Waals surface area contributed by atoms with Gasteiger partial charge in [-0.15, -0.1) is 0 Å². The van der Waals surface area contributed by atoms with Crippen molar-refractivity contribution in [2.24, 2.45) is 4.02 Å². The minimum absolute atomic E-state index is 0.0432. The van der Waals surface area contributed by atoms with Crippen molar-refractivity contribution in [1.82, 2.24) is 10.2 Å². The number of hydrogen-bond donors (Lipinski definition) is 1. The lowest BCUT2D eigenvalue weighted by molar-refractivity contribution is 0.0955. The third kappa shape index (κ3) is 5.89. The van der Waals surface area contributed by atoms with E-state index in [4.69, 9.17) is 4.18 Å². The number of Topliss-reactive ketones (excluding diaryl/α,β-unsaturated/α-hetero) is 1. The van der Waals surface area contributed by atoms with E-state index in [1.165, 1.54) is 6.07 Å². The van der Waals surface area contributed by atoms with Gasteiger partial charge in [0.1, 0.15) is 11.6 Å². The molecule has 36 heavy (non-hydrogen) atoms. The highest BCUT2D eigenvalue weighted by Gasteiger charge is 2.31. The van der Waals surface area contributed by atoms with E-state index in [-0.39, 0.29) is 24.0 Å². The molecular weight excluding hydrogens is 548 g/mol. The van der Waals surface area contributed by atoms with E-state index in [1.54, 1.807) is 25.2 Å². The number of nitrogens with one attached hydrogen (secondary N) is 1. The normalized spacial score (nSPS) is 14.6. The fraction of sp³-hybridized carbons (Fsp3) is 0.400. The van der Waals surface area contributed by atoms with Crippen LogP contribution in [0.25, 0.3) is 0 Å². The number of amidine groups is 1. The summed E-state index contributed by atoms with van der Waals surface area (Å²) in [6.45, 7) is 6.25. The number of benzene rings is 2. The van der Waals surface area contributed by atoms with Crippen molar-refractivity contribution >= 4 is 49.5 Å². The molecule has 9 nitrogen and oxygen atoms in total. The Morgan fingerprint density at radius 3 is 2.39 bits per heavy atom. The lowest BCUT2D eigenvalue weighted by Gasteiger charge is -2.23. The number of nitrogens with zero attached hydrogens (tertiary/aromatic N) is 3. The Labute approximate surface area is 221 Å². The van der Waals surface area contributed by atoms with Crippen molar-refractivity contribution < 1.29 is 22.2 Å². The number of rotatable bonds is 7. The van der Waals surface area contributed by atoms with Gasteiger partial charge in [0.05, 0.1) is 34.5 Å². The second-order valence-electron chi connectivity index (χ2n) is 9.94. The lowest BCUT2D eigenvalue weighted by atomic mass is 9.85. The zero-order valence-corrected chi connectivity index (χ0v) is 23.9. The average Bonchev–Trinajstić information content (AvgIpc) is 3.11. The fourth-order valence-electron chi connectivity index (χ4n) is 4.13. The van der Waals surface area contributed by atoms with Gasteiger partial charge in [-0.2, -0.15) is 12.4 Å². The summed E-state index contributed by atoms with van der Waals surface area (Å²) < 4.78 is 32.8. The molecule has 0 bridgehead atoms. The number of amides is 1. The molecule has 0 atom stereocenters. The van der Waals surface area contributed by atoms with Crippen LogP contribution in [0.5, 0.6) is 5.75 Å². The van der Waals surface area contributed by atoms with Crippen molar-refractivity contribution in [3.8, 4) is 5.75 Å². The summed E-state index contributed by atoms with van der Waals surface area (Å²) in [7, 11) is 1.60. The summed E-state index contributed by atoms with van der Waals surface area (Å²) in [5.41, 5.74) is 3.60. The summed E-state index contributed by atoms with van der Waals surface area (Å²) in [6.07, 6.45) is 0.988. The molecule has 0 aromatic heterocycles. The molecule has 0 radical (unpaired) electrons. The Hall–Kier alpha value is -2.92. The summed E-state index contributed by atoms with van der Waals surface area (Å²) in [4.78, 5) is 29.6. The highest BCUT2D eigenvalue weighted by molar-refractivity contribution is 9.08. The molecule has 1 amide bonds. The Kier molecular flexibility index (Phi) is 7.85. The molecule has 1 N–H and O–H groups in total. The van der Waals surface area contributed by atoms with Gasteiger partial charge in [-0.3, -0.25) is 9.59 Å². The van der Waals surface area contributed by atoms with Crippen LogP contribution in [-0.2, 0) is 22.1 Å². The smallest absolute Gasteiger partial charge is 0.306 e. The molecule has 0 saturated carbocycles. The molecule has 2 aromatic rings. The second kappa shape index (κ2) is 10.2. The molecule has 1 aliphatic heterocycles. The van der Waals surface area contributed by atoms with Gasteiger partial charge in [0.25, 0.3) is 5.91 Å². The quantitative estimate of drug-likeness (QED) is 0.395. The van der Waals surface area contributed by atoms with Crippen molar-refractivity contribution in [1.29, 1.82) is 0 Å². The molecule has 0 saturated heterocycles. The summed E-state index contributed by atoms with van der Waals surface area (Å²) in [6, 6.07) is 8.51. The Morgan fingerprint density at radius 1 is 1.19 bits per heavy atom. The van der Waals surface area contributed by atoms with Gasteiger partial charge in [0.2, 0.25) is 0 Å². The van der Waals surface area contributed by atoms with Crippen LogP contribution in [0.15, 0.2) is 34.4 Å². The Bertz CT molecular complexity index is 1350. The topological polar surface area (TPSA) is 108 Å². The first-order valence-corrected chi connectivity index (χ1v) is 13.8. The third-order valence-electron chi connectivity index (χ3n) is 5.84. The van der Waals surface area contributed by atoms with Crippen LogP contribution in [0.2, 0.25) is 0 Å². The van der Waals surface area contributed by atoms with E-state index >= 15 is 0 Å². The maximum atomic E-state index is 13.3. The van der Waals surface area contributed by atoms with Crippen LogP contribution in [0.4, 0.5) is 5.69 Å². The highest BCUT2D eigenvalue weighted by Crippen LogP contribution is 2.34. The monoisotopic (exact) mass is 578 g/mol. The molecule has 3 rings (SSSR count). The molecule has 0 spiro atoms. The first kappa shape index (κ1) is 27.7. The number of carbonyl (C=O) groups excluding carboxylic acids is 2. The van der Waals surface area contributed by atoms with Gasteiger partial charge in [-0.05, 0) is 41.3 Å². The number of hydrogen-bond acceptors (Lipinski definition) is 7. The molecule has 1 heterocycles. The Morgan fingerprint density at radius 2 is 1.86 bits per heavy atom. The molecule has 0 aliphatic carbocycles. The SMILES string of the molecule is CNC(=O)c1cc2c(cc1N(C)C)CN(CC(=O)c1ccc(OS(C)(=O)=O)c(C(C)(C)C)c1)C2=NBr. The molecule has 0 unspecified atom stereocenters. The third-order valence-corrected chi connectivity index (χ3v) is 6.66. The predicted octanol–water partition coefficient (Wildman–Crippen LogP) is 3.50. The standard InChI is InChI=1S/C25H31BrN4O5S/c1-25(2,3)19-10-15(8-9-22(19)35-36(7,33)34)21(31)14-30-13-16-11-20(29(5)6)18(24(32)27-4)12-17(16)23(30)28-26/h8-12H,13-14H2,1-7H3,(H,27,32). The van der Waals surface area contributed by atoms with Crippen LogP contribution in [0.1, 0.15) is 58.2 Å². The summed E-state index contributed by atoms with van der Waals surface area (Å²) in [5, 5.41) is 2.67. The van der Waals surface area contributed by atoms with Gasteiger partial charge in [-0.1, -0.05) is 20.8 Å². The molecule has 1 aliphatic rings. The number of anilines is 1. The molecular formula is C25H31BrN4O5S. The number of fused-ring (bicyclic) bond motifs is 1. The minimum atomic E-state index is -3.72. The lowest BCUT2D eigenvalue weighted by Crippen LogP contribution is -2.31. The largest absolute Gasteiger partial charge is 0.382 e. The summed E-state index contributed by atoms with van der Waals surface area (Å²) in [5.74, 6) is 0.390. The van der Waals surface area contributed by atoms with E-state index < -0.39 is 15.5 Å². The first-order chi connectivity index (χ1) is 16.7. The van der Waals surface area contributed by atoms with E-state index in [0.717, 1.165) is 23.1 Å². The van der Waals surface area contributed by atoms with Crippen LogP contribution in [0, 0.1) is 0 Å². The van der Waals surface area contributed by atoms with Crippen LogP contribution in [-0.4, -0.2) is 64.8 Å². The van der Waals surface area contributed by atoms with E-state index in [1.807, 2.05) is 50.7 Å². The van der Waals surface area contributed by atoms with Gasteiger partial charge in [-0.25, -0.2) is 0 Å². The fourth-order valence-corrected chi connectivity index (χ4v) is 5.01. The maximum absolute atomic E-state index is 13.3. The Balaban J connectivity index is 1.95. The number of carbonyl (C=O) groups is 2. The predicted molar refractivity (Wildman–Crippen MR) is 145 cm³/mol. The average molecular weight is 580 g/mol. The van der Waals surface area contributed by atoms with Gasteiger partial charge >= 0.3 is 10.1 Å². The van der Waals surface area contributed by atoms with Crippen molar-refractivity contribution in [2.75, 3.05) is 38.8 Å². The zero-order chi connectivity index (χ0) is 27.0. The van der Waals surface area contributed by atoms with Crippen molar-refractivity contribution in [3.63, 3.8) is 0 Å². The maximum Gasteiger partial charge on any atom is 0.306 e. The summed E-state index contributed by atoms with van der Waals surface area (Å²) >= 11 is 3.18.